The zero-order chi connectivity index (χ0) is 23.8. The summed E-state index contributed by atoms with van der Waals surface area (Å²) in [6.07, 6.45) is 2.91. The van der Waals surface area contributed by atoms with Crippen molar-refractivity contribution in [1.29, 1.82) is 5.26 Å². The largest absolute Gasteiger partial charge is 0.353 e. The number of para-hydroxylation sites is 1. The monoisotopic (exact) mass is 474 g/mol. The van der Waals surface area contributed by atoms with Crippen LogP contribution in [-0.2, 0) is 22.4 Å². The molecule has 9 heteroatoms. The van der Waals surface area contributed by atoms with Crippen molar-refractivity contribution in [3.05, 3.63) is 63.3 Å². The zero-order valence-electron chi connectivity index (χ0n) is 19.2. The Labute approximate surface area is 202 Å². The summed E-state index contributed by atoms with van der Waals surface area (Å²) in [7, 11) is 0. The van der Waals surface area contributed by atoms with Gasteiger partial charge in [0.1, 0.15) is 17.1 Å². The third-order valence-corrected chi connectivity index (χ3v) is 7.77. The number of thiophene rings is 1. The van der Waals surface area contributed by atoms with Crippen LogP contribution in [0.3, 0.4) is 0 Å². The number of nitrogens with zero attached hydrogens (tertiary/aromatic N) is 4. The number of aromatic nitrogens is 2. The highest BCUT2D eigenvalue weighted by Gasteiger charge is 2.36. The van der Waals surface area contributed by atoms with Gasteiger partial charge < -0.3 is 10.6 Å². The van der Waals surface area contributed by atoms with Crippen molar-refractivity contribution in [2.24, 2.45) is 0 Å². The Bertz CT molecular complexity index is 1300. The molecule has 1 aromatic carbocycles. The van der Waals surface area contributed by atoms with E-state index < -0.39 is 6.04 Å². The van der Waals surface area contributed by atoms with Crippen molar-refractivity contribution in [1.82, 2.24) is 20.0 Å². The Morgan fingerprint density at radius 3 is 2.85 bits per heavy atom. The molecule has 1 aliphatic heterocycles. The number of carbonyl (C=O) groups excluding carboxylic acids is 2. The van der Waals surface area contributed by atoms with E-state index in [4.69, 9.17) is 5.10 Å². The molecule has 3 aromatic rings. The van der Waals surface area contributed by atoms with Crippen LogP contribution in [0.15, 0.2) is 30.3 Å². The van der Waals surface area contributed by atoms with E-state index in [2.05, 4.69) is 16.7 Å². The average molecular weight is 475 g/mol. The predicted octanol–water partition coefficient (Wildman–Crippen LogP) is 3.02. The fraction of sp³-hybridized carbons (Fsp3) is 0.360. The molecule has 2 amide bonds. The molecule has 0 radical (unpaired) electrons. The molecule has 174 valence electrons. The van der Waals surface area contributed by atoms with Crippen molar-refractivity contribution in [2.45, 2.75) is 39.2 Å². The molecule has 1 atom stereocenters. The Balaban J connectivity index is 1.40. The molecular weight excluding hydrogens is 448 g/mol. The molecule has 0 spiro atoms. The first-order chi connectivity index (χ1) is 16.5. The van der Waals surface area contributed by atoms with Gasteiger partial charge in [-0.2, -0.15) is 10.4 Å². The minimum Gasteiger partial charge on any atom is -0.353 e. The summed E-state index contributed by atoms with van der Waals surface area (Å²) in [5.74, 6) is -0.354. The van der Waals surface area contributed by atoms with Gasteiger partial charge in [0.25, 0.3) is 0 Å². The molecule has 1 aliphatic carbocycles. The van der Waals surface area contributed by atoms with Crippen LogP contribution < -0.4 is 10.6 Å². The Hall–Kier alpha value is -3.48. The number of hydrogen-bond acceptors (Lipinski definition) is 6. The summed E-state index contributed by atoms with van der Waals surface area (Å²) in [4.78, 5) is 29.2. The van der Waals surface area contributed by atoms with Crippen LogP contribution in [0.5, 0.6) is 0 Å². The van der Waals surface area contributed by atoms with Crippen LogP contribution in [0.2, 0.25) is 0 Å². The third-order valence-electron chi connectivity index (χ3n) is 6.57. The standard InChI is InChI=1S/C25H26N6O2S/c1-15-22(16(2)31(29-15)17-7-4-3-5-8-17)23-24(33)27-11-12-30(23)14-21(32)28-25-19(13-26)18-9-6-10-20(18)34-25/h3-5,7-8,23H,6,9-12,14H2,1-2H3,(H,27,33)(H,28,32). The van der Waals surface area contributed by atoms with Crippen LogP contribution in [0.25, 0.3) is 5.69 Å². The van der Waals surface area contributed by atoms with Crippen LogP contribution in [0, 0.1) is 25.2 Å². The van der Waals surface area contributed by atoms with Gasteiger partial charge in [-0.25, -0.2) is 4.68 Å². The lowest BCUT2D eigenvalue weighted by atomic mass is 10.00. The van der Waals surface area contributed by atoms with Gasteiger partial charge in [-0.05, 0) is 50.8 Å². The highest BCUT2D eigenvalue weighted by Crippen LogP contribution is 2.38. The highest BCUT2D eigenvalue weighted by molar-refractivity contribution is 7.16. The maximum Gasteiger partial charge on any atom is 0.242 e. The molecule has 0 bridgehead atoms. The second-order valence-electron chi connectivity index (χ2n) is 8.72. The predicted molar refractivity (Wildman–Crippen MR) is 130 cm³/mol. The number of benzene rings is 1. The first-order valence-corrected chi connectivity index (χ1v) is 12.3. The maximum atomic E-state index is 13.0. The number of fused-ring (bicyclic) bond motifs is 1. The Kier molecular flexibility index (Phi) is 5.94. The third kappa shape index (κ3) is 3.89. The molecule has 8 nitrogen and oxygen atoms in total. The molecule has 34 heavy (non-hydrogen) atoms. The SMILES string of the molecule is Cc1nn(-c2ccccc2)c(C)c1C1C(=O)NCCN1CC(=O)Nc1sc2c(c1C#N)CCC2. The normalized spacial score (nSPS) is 17.8. The number of anilines is 1. The van der Waals surface area contributed by atoms with Gasteiger partial charge >= 0.3 is 0 Å². The highest BCUT2D eigenvalue weighted by atomic mass is 32.1. The lowest BCUT2D eigenvalue weighted by molar-refractivity contribution is -0.130. The molecule has 2 N–H and O–H groups in total. The van der Waals surface area contributed by atoms with Gasteiger partial charge in [-0.1, -0.05) is 18.2 Å². The summed E-state index contributed by atoms with van der Waals surface area (Å²) in [5.41, 5.74) is 5.05. The molecule has 1 unspecified atom stereocenters. The molecule has 1 fully saturated rings. The fourth-order valence-corrected chi connectivity index (χ4v) is 6.29. The van der Waals surface area contributed by atoms with E-state index in [9.17, 15) is 14.9 Å². The number of piperazine rings is 1. The second kappa shape index (κ2) is 9.05. The van der Waals surface area contributed by atoms with Crippen molar-refractivity contribution in [2.75, 3.05) is 25.0 Å². The lowest BCUT2D eigenvalue weighted by Crippen LogP contribution is -2.52. The summed E-state index contributed by atoms with van der Waals surface area (Å²) in [6.45, 7) is 4.93. The first kappa shape index (κ1) is 22.3. The van der Waals surface area contributed by atoms with Crippen LogP contribution in [0.4, 0.5) is 5.00 Å². The second-order valence-corrected chi connectivity index (χ2v) is 9.82. The minimum atomic E-state index is -0.610. The van der Waals surface area contributed by atoms with Crippen molar-refractivity contribution < 1.29 is 9.59 Å². The topological polar surface area (TPSA) is 103 Å². The molecule has 2 aromatic heterocycles. The summed E-state index contributed by atoms with van der Waals surface area (Å²) < 4.78 is 1.84. The number of rotatable bonds is 5. The van der Waals surface area contributed by atoms with E-state index in [0.29, 0.717) is 23.7 Å². The van der Waals surface area contributed by atoms with Crippen molar-refractivity contribution >= 4 is 28.2 Å². The van der Waals surface area contributed by atoms with Gasteiger partial charge in [-0.3, -0.25) is 14.5 Å². The Morgan fingerprint density at radius 2 is 2.09 bits per heavy atom. The number of aryl methyl sites for hydroxylation is 2. The van der Waals surface area contributed by atoms with Crippen molar-refractivity contribution in [3.8, 4) is 11.8 Å². The van der Waals surface area contributed by atoms with Gasteiger partial charge in [-0.15, -0.1) is 11.3 Å². The number of nitrogens with one attached hydrogen (secondary N) is 2. The molecule has 0 saturated carbocycles. The average Bonchev–Trinajstić information content (AvgIpc) is 3.48. The fourth-order valence-electron chi connectivity index (χ4n) is 5.03. The number of amides is 2. The van der Waals surface area contributed by atoms with E-state index in [-0.39, 0.29) is 18.4 Å². The summed E-state index contributed by atoms with van der Waals surface area (Å²) in [5, 5.41) is 20.8. The van der Waals surface area contributed by atoms with E-state index in [0.717, 1.165) is 47.5 Å². The smallest absolute Gasteiger partial charge is 0.242 e. The van der Waals surface area contributed by atoms with E-state index in [1.807, 2.05) is 53.8 Å². The molecule has 1 saturated heterocycles. The summed E-state index contributed by atoms with van der Waals surface area (Å²) >= 11 is 1.50. The van der Waals surface area contributed by atoms with Gasteiger partial charge in [0.2, 0.25) is 11.8 Å². The van der Waals surface area contributed by atoms with Crippen LogP contribution in [0.1, 0.15) is 45.4 Å². The van der Waals surface area contributed by atoms with Gasteiger partial charge in [0, 0.05) is 29.2 Å². The van der Waals surface area contributed by atoms with Crippen LogP contribution >= 0.6 is 11.3 Å². The maximum absolute atomic E-state index is 13.0. The number of carbonyl (C=O) groups is 2. The lowest BCUT2D eigenvalue weighted by Gasteiger charge is -2.34. The van der Waals surface area contributed by atoms with E-state index in [1.165, 1.54) is 16.2 Å². The van der Waals surface area contributed by atoms with Crippen LogP contribution in [-0.4, -0.2) is 46.1 Å². The van der Waals surface area contributed by atoms with Gasteiger partial charge in [0.05, 0.1) is 23.5 Å². The Morgan fingerprint density at radius 1 is 1.29 bits per heavy atom. The summed E-state index contributed by atoms with van der Waals surface area (Å²) in [6, 6.07) is 11.5. The van der Waals surface area contributed by atoms with E-state index >= 15 is 0 Å². The van der Waals surface area contributed by atoms with Crippen molar-refractivity contribution in [3.63, 3.8) is 0 Å². The number of hydrogen-bond donors (Lipinski definition) is 2. The number of nitriles is 1. The quantitative estimate of drug-likeness (QED) is 0.592. The molecular formula is C25H26N6O2S. The zero-order valence-corrected chi connectivity index (χ0v) is 20.0. The molecule has 5 rings (SSSR count). The minimum absolute atomic E-state index is 0.0565. The first-order valence-electron chi connectivity index (χ1n) is 11.5. The van der Waals surface area contributed by atoms with Gasteiger partial charge in [0.15, 0.2) is 0 Å². The molecule has 2 aliphatic rings. The molecule has 3 heterocycles. The van der Waals surface area contributed by atoms with E-state index in [1.54, 1.807) is 0 Å².